The van der Waals surface area contributed by atoms with E-state index in [0.717, 1.165) is 0 Å². The SMILES string of the molecule is CC(C)(O)CNC(C)(C)O. The lowest BCUT2D eigenvalue weighted by Crippen LogP contribution is -2.46. The molecule has 62 valence electrons. The van der Waals surface area contributed by atoms with Crippen LogP contribution in [0.15, 0.2) is 0 Å². The zero-order valence-corrected chi connectivity index (χ0v) is 7.10. The first-order valence-corrected chi connectivity index (χ1v) is 3.40. The molecule has 3 nitrogen and oxygen atoms in total. The first-order chi connectivity index (χ1) is 4.21. The minimum absolute atomic E-state index is 0.385. The van der Waals surface area contributed by atoms with Crippen molar-refractivity contribution in [2.24, 2.45) is 0 Å². The highest BCUT2D eigenvalue weighted by molar-refractivity contribution is 4.72. The summed E-state index contributed by atoms with van der Waals surface area (Å²) in [4.78, 5) is 0. The van der Waals surface area contributed by atoms with E-state index in [1.165, 1.54) is 0 Å². The number of hydrogen-bond donors (Lipinski definition) is 3. The molecule has 0 aliphatic heterocycles. The van der Waals surface area contributed by atoms with Crippen LogP contribution in [0.3, 0.4) is 0 Å². The molecule has 0 aromatic heterocycles. The average molecular weight is 147 g/mol. The molecule has 10 heavy (non-hydrogen) atoms. The summed E-state index contributed by atoms with van der Waals surface area (Å²) in [6.45, 7) is 7.03. The zero-order chi connectivity index (χ0) is 8.41. The van der Waals surface area contributed by atoms with Crippen molar-refractivity contribution in [1.29, 1.82) is 0 Å². The van der Waals surface area contributed by atoms with E-state index < -0.39 is 11.3 Å². The lowest BCUT2D eigenvalue weighted by atomic mass is 10.1. The lowest BCUT2D eigenvalue weighted by Gasteiger charge is -2.25. The summed E-state index contributed by atoms with van der Waals surface area (Å²) >= 11 is 0. The predicted octanol–water partition coefficient (Wildman–Crippen LogP) is 0.0753. The van der Waals surface area contributed by atoms with Crippen molar-refractivity contribution in [3.05, 3.63) is 0 Å². The van der Waals surface area contributed by atoms with Gasteiger partial charge in [-0.2, -0.15) is 0 Å². The van der Waals surface area contributed by atoms with Crippen molar-refractivity contribution in [3.8, 4) is 0 Å². The van der Waals surface area contributed by atoms with Crippen LogP contribution in [0, 0.1) is 0 Å². The molecule has 0 saturated heterocycles. The van der Waals surface area contributed by atoms with E-state index in [4.69, 9.17) is 5.11 Å². The number of aliphatic hydroxyl groups is 2. The fourth-order valence-electron chi connectivity index (χ4n) is 0.433. The topological polar surface area (TPSA) is 52.5 Å². The molecule has 0 bridgehead atoms. The first-order valence-electron chi connectivity index (χ1n) is 3.40. The van der Waals surface area contributed by atoms with Gasteiger partial charge >= 0.3 is 0 Å². The molecular formula is C7H17NO2. The molecule has 0 atom stereocenters. The van der Waals surface area contributed by atoms with Crippen molar-refractivity contribution < 1.29 is 10.2 Å². The van der Waals surface area contributed by atoms with Crippen molar-refractivity contribution in [2.45, 2.75) is 39.0 Å². The maximum absolute atomic E-state index is 9.21. The molecular weight excluding hydrogens is 130 g/mol. The third-order valence-electron chi connectivity index (χ3n) is 0.954. The third-order valence-corrected chi connectivity index (χ3v) is 0.954. The largest absolute Gasteiger partial charge is 0.389 e. The van der Waals surface area contributed by atoms with Gasteiger partial charge in [0.1, 0.15) is 5.72 Å². The van der Waals surface area contributed by atoms with Crippen LogP contribution in [-0.4, -0.2) is 28.1 Å². The van der Waals surface area contributed by atoms with E-state index in [1.807, 2.05) is 0 Å². The van der Waals surface area contributed by atoms with Gasteiger partial charge in [-0.15, -0.1) is 0 Å². The minimum atomic E-state index is -0.903. The van der Waals surface area contributed by atoms with Crippen LogP contribution >= 0.6 is 0 Å². The number of hydrogen-bond acceptors (Lipinski definition) is 3. The molecule has 0 aromatic rings. The summed E-state index contributed by atoms with van der Waals surface area (Å²) in [6, 6.07) is 0. The van der Waals surface area contributed by atoms with Gasteiger partial charge < -0.3 is 10.2 Å². The molecule has 0 spiro atoms. The first kappa shape index (κ1) is 9.88. The normalized spacial score (nSPS) is 13.8. The van der Waals surface area contributed by atoms with E-state index in [-0.39, 0.29) is 0 Å². The van der Waals surface area contributed by atoms with Gasteiger partial charge in [-0.3, -0.25) is 5.32 Å². The van der Waals surface area contributed by atoms with Crippen molar-refractivity contribution in [3.63, 3.8) is 0 Å². The molecule has 0 heterocycles. The molecule has 0 aliphatic carbocycles. The van der Waals surface area contributed by atoms with Crippen LogP contribution < -0.4 is 5.32 Å². The Morgan fingerprint density at radius 2 is 1.50 bits per heavy atom. The van der Waals surface area contributed by atoms with Crippen LogP contribution in [0.5, 0.6) is 0 Å². The smallest absolute Gasteiger partial charge is 0.110 e. The second kappa shape index (κ2) is 2.86. The van der Waals surface area contributed by atoms with Gasteiger partial charge in [0.25, 0.3) is 0 Å². The minimum Gasteiger partial charge on any atom is -0.389 e. The van der Waals surface area contributed by atoms with Crippen LogP contribution in [0.4, 0.5) is 0 Å². The summed E-state index contributed by atoms with van der Waals surface area (Å²) in [5.41, 5.74) is -1.67. The van der Waals surface area contributed by atoms with Gasteiger partial charge in [0.2, 0.25) is 0 Å². The fraction of sp³-hybridized carbons (Fsp3) is 1.00. The highest BCUT2D eigenvalue weighted by Gasteiger charge is 2.17. The third kappa shape index (κ3) is 7.88. The van der Waals surface area contributed by atoms with Crippen LogP contribution in [0.1, 0.15) is 27.7 Å². The molecule has 0 aromatic carbocycles. The molecule has 3 heteroatoms. The Balaban J connectivity index is 3.56. The number of rotatable bonds is 3. The molecule has 0 aliphatic rings. The number of nitrogens with one attached hydrogen (secondary N) is 1. The van der Waals surface area contributed by atoms with Crippen molar-refractivity contribution >= 4 is 0 Å². The Kier molecular flexibility index (Phi) is 2.83. The molecule has 0 saturated carbocycles. The van der Waals surface area contributed by atoms with E-state index in [2.05, 4.69) is 5.32 Å². The lowest BCUT2D eigenvalue weighted by molar-refractivity contribution is 0.00530. The summed E-state index contributed by atoms with van der Waals surface area (Å²) in [5, 5.41) is 21.1. The highest BCUT2D eigenvalue weighted by Crippen LogP contribution is 2.01. The summed E-state index contributed by atoms with van der Waals surface area (Å²) in [5.74, 6) is 0. The van der Waals surface area contributed by atoms with Gasteiger partial charge in [0.15, 0.2) is 0 Å². The molecule has 0 amide bonds. The second-order valence-corrected chi connectivity index (χ2v) is 3.73. The van der Waals surface area contributed by atoms with Crippen molar-refractivity contribution in [2.75, 3.05) is 6.54 Å². The van der Waals surface area contributed by atoms with E-state index in [1.54, 1.807) is 27.7 Å². The molecule has 0 radical (unpaired) electrons. The molecule has 3 N–H and O–H groups in total. The maximum atomic E-state index is 9.21. The van der Waals surface area contributed by atoms with Crippen LogP contribution in [0.2, 0.25) is 0 Å². The molecule has 0 unspecified atom stereocenters. The quantitative estimate of drug-likeness (QED) is 0.495. The Morgan fingerprint density at radius 3 is 1.60 bits per heavy atom. The molecule has 0 rings (SSSR count). The Bertz CT molecular complexity index is 85.2. The van der Waals surface area contributed by atoms with Gasteiger partial charge in [0, 0.05) is 6.54 Å². The van der Waals surface area contributed by atoms with Crippen LogP contribution in [0.25, 0.3) is 0 Å². The maximum Gasteiger partial charge on any atom is 0.110 e. The Labute approximate surface area is 62.1 Å². The summed E-state index contributed by atoms with van der Waals surface area (Å²) in [7, 11) is 0. The van der Waals surface area contributed by atoms with Gasteiger partial charge in [-0.1, -0.05) is 0 Å². The Morgan fingerprint density at radius 1 is 1.10 bits per heavy atom. The summed E-state index contributed by atoms with van der Waals surface area (Å²) < 4.78 is 0. The average Bonchev–Trinajstić information content (AvgIpc) is 1.57. The standard InChI is InChI=1S/C7H17NO2/c1-6(2,9)5-8-7(3,4)10/h8-10H,5H2,1-4H3. The highest BCUT2D eigenvalue weighted by atomic mass is 16.3. The fourth-order valence-corrected chi connectivity index (χ4v) is 0.433. The predicted molar refractivity (Wildman–Crippen MR) is 40.6 cm³/mol. The van der Waals surface area contributed by atoms with E-state index >= 15 is 0 Å². The second-order valence-electron chi connectivity index (χ2n) is 3.73. The van der Waals surface area contributed by atoms with Crippen LogP contribution in [-0.2, 0) is 0 Å². The zero-order valence-electron chi connectivity index (χ0n) is 7.10. The monoisotopic (exact) mass is 147 g/mol. The van der Waals surface area contributed by atoms with Gasteiger partial charge in [-0.25, -0.2) is 0 Å². The van der Waals surface area contributed by atoms with Crippen molar-refractivity contribution in [1.82, 2.24) is 5.32 Å². The van der Waals surface area contributed by atoms with E-state index in [9.17, 15) is 5.11 Å². The Hall–Kier alpha value is -0.120. The van der Waals surface area contributed by atoms with Gasteiger partial charge in [-0.05, 0) is 27.7 Å². The van der Waals surface area contributed by atoms with Gasteiger partial charge in [0.05, 0.1) is 5.60 Å². The molecule has 0 fully saturated rings. The van der Waals surface area contributed by atoms with E-state index in [0.29, 0.717) is 6.54 Å². The summed E-state index contributed by atoms with van der Waals surface area (Å²) in [6.07, 6.45) is 0.